The fourth-order valence-corrected chi connectivity index (χ4v) is 1.92. The minimum atomic E-state index is -0.000561. The van der Waals surface area contributed by atoms with Crippen molar-refractivity contribution in [1.29, 1.82) is 0 Å². The van der Waals surface area contributed by atoms with Crippen molar-refractivity contribution < 1.29 is 9.59 Å². The summed E-state index contributed by atoms with van der Waals surface area (Å²) in [5.74, 6) is 0.0339. The van der Waals surface area contributed by atoms with Gasteiger partial charge >= 0.3 is 6.03 Å². The summed E-state index contributed by atoms with van der Waals surface area (Å²) in [6, 6.07) is -0.000561. The molecule has 0 unspecified atom stereocenters. The van der Waals surface area contributed by atoms with E-state index >= 15 is 0 Å². The smallest absolute Gasteiger partial charge is 0.317 e. The lowest BCUT2D eigenvalue weighted by Gasteiger charge is -2.13. The second-order valence-corrected chi connectivity index (χ2v) is 4.71. The second kappa shape index (κ2) is 10.1. The molecule has 3 amide bonds. The van der Waals surface area contributed by atoms with Gasteiger partial charge in [-0.1, -0.05) is 31.2 Å². The first kappa shape index (κ1) is 16.3. The predicted octanol–water partition coefficient (Wildman–Crippen LogP) is 1.82. The van der Waals surface area contributed by atoms with Gasteiger partial charge in [0, 0.05) is 32.6 Å². The Bertz CT molecular complexity index is 364. The molecule has 1 aliphatic rings. The number of amides is 3. The third-order valence-electron chi connectivity index (χ3n) is 3.02. The highest BCUT2D eigenvalue weighted by Gasteiger charge is 2.18. The van der Waals surface area contributed by atoms with Crippen LogP contribution in [-0.4, -0.2) is 43.0 Å². The Morgan fingerprint density at radius 2 is 2.15 bits per heavy atom. The Morgan fingerprint density at radius 3 is 2.85 bits per heavy atom. The van der Waals surface area contributed by atoms with Gasteiger partial charge in [0.15, 0.2) is 0 Å². The first-order valence-corrected chi connectivity index (χ1v) is 7.33. The van der Waals surface area contributed by atoms with E-state index in [0.717, 1.165) is 32.4 Å². The van der Waals surface area contributed by atoms with Crippen LogP contribution in [0.2, 0.25) is 0 Å². The Labute approximate surface area is 121 Å². The van der Waals surface area contributed by atoms with Gasteiger partial charge in [0.2, 0.25) is 5.91 Å². The summed E-state index contributed by atoms with van der Waals surface area (Å²) in [4.78, 5) is 24.6. The first-order valence-electron chi connectivity index (χ1n) is 7.33. The highest BCUT2D eigenvalue weighted by Crippen LogP contribution is 1.97. The van der Waals surface area contributed by atoms with Gasteiger partial charge in [-0.3, -0.25) is 4.79 Å². The van der Waals surface area contributed by atoms with Gasteiger partial charge in [0.25, 0.3) is 0 Å². The number of nitrogens with zero attached hydrogens (tertiary/aromatic N) is 1. The average molecular weight is 279 g/mol. The molecule has 0 atom stereocenters. The van der Waals surface area contributed by atoms with E-state index in [1.54, 1.807) is 4.90 Å². The van der Waals surface area contributed by atoms with Crippen LogP contribution in [0.1, 0.15) is 32.6 Å². The number of rotatable bonds is 9. The molecule has 5 nitrogen and oxygen atoms in total. The lowest BCUT2D eigenvalue weighted by atomic mass is 10.3. The number of nitrogens with one attached hydrogen (secondary N) is 2. The van der Waals surface area contributed by atoms with E-state index in [2.05, 4.69) is 29.7 Å². The quantitative estimate of drug-likeness (QED) is 0.499. The summed E-state index contributed by atoms with van der Waals surface area (Å²) in [5, 5.41) is 5.61. The van der Waals surface area contributed by atoms with Crippen LogP contribution in [0.15, 0.2) is 24.3 Å². The molecule has 0 aromatic carbocycles. The van der Waals surface area contributed by atoms with Crippen molar-refractivity contribution >= 4 is 11.9 Å². The third kappa shape index (κ3) is 6.97. The van der Waals surface area contributed by atoms with E-state index in [0.29, 0.717) is 19.5 Å². The fourth-order valence-electron chi connectivity index (χ4n) is 1.92. The molecule has 1 heterocycles. The highest BCUT2D eigenvalue weighted by atomic mass is 16.2. The number of carbonyl (C=O) groups is 2. The molecule has 0 bridgehead atoms. The molecule has 0 radical (unpaired) electrons. The summed E-state index contributed by atoms with van der Waals surface area (Å²) in [6.07, 6.45) is 11.2. The van der Waals surface area contributed by atoms with Crippen molar-refractivity contribution in [3.05, 3.63) is 24.3 Å². The number of allylic oxidation sites excluding steroid dienone is 3. The molecule has 20 heavy (non-hydrogen) atoms. The molecule has 0 spiro atoms. The van der Waals surface area contributed by atoms with Crippen molar-refractivity contribution in [2.45, 2.75) is 32.6 Å². The first-order chi connectivity index (χ1) is 9.74. The van der Waals surface area contributed by atoms with Crippen LogP contribution < -0.4 is 10.6 Å². The monoisotopic (exact) mass is 279 g/mol. The van der Waals surface area contributed by atoms with Crippen LogP contribution in [0.3, 0.4) is 0 Å². The van der Waals surface area contributed by atoms with Crippen molar-refractivity contribution in [3.8, 4) is 0 Å². The molecule has 1 aliphatic heterocycles. The van der Waals surface area contributed by atoms with E-state index in [9.17, 15) is 9.59 Å². The minimum Gasteiger partial charge on any atom is -0.356 e. The topological polar surface area (TPSA) is 61.4 Å². The molecule has 0 aliphatic carbocycles. The van der Waals surface area contributed by atoms with Crippen molar-refractivity contribution in [2.24, 2.45) is 0 Å². The summed E-state index contributed by atoms with van der Waals surface area (Å²) >= 11 is 0. The zero-order valence-electron chi connectivity index (χ0n) is 12.2. The van der Waals surface area contributed by atoms with E-state index in [4.69, 9.17) is 0 Å². The SMILES string of the molecule is CCC=CCC=CCC(=O)NCCCN1CCNC1=O. The molecule has 1 fully saturated rings. The molecule has 2 N–H and O–H groups in total. The van der Waals surface area contributed by atoms with Gasteiger partial charge < -0.3 is 15.5 Å². The lowest BCUT2D eigenvalue weighted by molar-refractivity contribution is -0.120. The van der Waals surface area contributed by atoms with Gasteiger partial charge in [-0.05, 0) is 19.3 Å². The standard InChI is InChI=1S/C15H25N3O2/c1-2-3-4-5-6-7-9-14(19)16-10-8-12-18-13-11-17-15(18)20/h3-4,6-7H,2,5,8-13H2,1H3,(H,16,19)(H,17,20). The van der Waals surface area contributed by atoms with Crippen LogP contribution in [0, 0.1) is 0 Å². The molecular weight excluding hydrogens is 254 g/mol. The summed E-state index contributed by atoms with van der Waals surface area (Å²) in [6.45, 7) is 4.90. The summed E-state index contributed by atoms with van der Waals surface area (Å²) in [7, 11) is 0. The van der Waals surface area contributed by atoms with Crippen LogP contribution in [0.4, 0.5) is 4.79 Å². The molecule has 112 valence electrons. The molecule has 0 saturated carbocycles. The van der Waals surface area contributed by atoms with E-state index in [1.165, 1.54) is 0 Å². The zero-order valence-corrected chi connectivity index (χ0v) is 12.2. The van der Waals surface area contributed by atoms with Crippen molar-refractivity contribution in [3.63, 3.8) is 0 Å². The maximum Gasteiger partial charge on any atom is 0.317 e. The average Bonchev–Trinajstić information content (AvgIpc) is 2.84. The number of hydrogen-bond acceptors (Lipinski definition) is 2. The minimum absolute atomic E-state index is 0.000561. The predicted molar refractivity (Wildman–Crippen MR) is 80.4 cm³/mol. The van der Waals surface area contributed by atoms with Gasteiger partial charge in [0.05, 0.1) is 0 Å². The number of carbonyl (C=O) groups excluding carboxylic acids is 2. The van der Waals surface area contributed by atoms with E-state index in [-0.39, 0.29) is 11.9 Å². The van der Waals surface area contributed by atoms with Gasteiger partial charge in [-0.15, -0.1) is 0 Å². The molecule has 0 aromatic heterocycles. The fraction of sp³-hybridized carbons (Fsp3) is 0.600. The second-order valence-electron chi connectivity index (χ2n) is 4.71. The van der Waals surface area contributed by atoms with Crippen LogP contribution in [-0.2, 0) is 4.79 Å². The maximum absolute atomic E-state index is 11.5. The Kier molecular flexibility index (Phi) is 8.19. The van der Waals surface area contributed by atoms with E-state index in [1.807, 2.05) is 12.2 Å². The maximum atomic E-state index is 11.5. The summed E-state index contributed by atoms with van der Waals surface area (Å²) < 4.78 is 0. The highest BCUT2D eigenvalue weighted by molar-refractivity contribution is 5.77. The van der Waals surface area contributed by atoms with Crippen molar-refractivity contribution in [1.82, 2.24) is 15.5 Å². The Morgan fingerprint density at radius 1 is 1.35 bits per heavy atom. The molecule has 1 rings (SSSR count). The Balaban J connectivity index is 1.99. The van der Waals surface area contributed by atoms with Gasteiger partial charge in [-0.2, -0.15) is 0 Å². The zero-order chi connectivity index (χ0) is 14.6. The van der Waals surface area contributed by atoms with Gasteiger partial charge in [-0.25, -0.2) is 4.79 Å². The number of urea groups is 1. The molecule has 5 heteroatoms. The molecule has 1 saturated heterocycles. The third-order valence-corrected chi connectivity index (χ3v) is 3.02. The largest absolute Gasteiger partial charge is 0.356 e. The van der Waals surface area contributed by atoms with E-state index < -0.39 is 0 Å². The molecular formula is C15H25N3O2. The molecule has 0 aromatic rings. The van der Waals surface area contributed by atoms with Crippen LogP contribution >= 0.6 is 0 Å². The van der Waals surface area contributed by atoms with Crippen LogP contribution in [0.25, 0.3) is 0 Å². The number of hydrogen-bond donors (Lipinski definition) is 2. The lowest BCUT2D eigenvalue weighted by Crippen LogP contribution is -2.32. The normalized spacial score (nSPS) is 15.2. The van der Waals surface area contributed by atoms with Crippen molar-refractivity contribution in [2.75, 3.05) is 26.2 Å². The Hall–Kier alpha value is -1.78. The van der Waals surface area contributed by atoms with Crippen LogP contribution in [0.5, 0.6) is 0 Å². The van der Waals surface area contributed by atoms with Gasteiger partial charge in [0.1, 0.15) is 0 Å². The summed E-state index contributed by atoms with van der Waals surface area (Å²) in [5.41, 5.74) is 0.